The van der Waals surface area contributed by atoms with Gasteiger partial charge in [0.15, 0.2) is 0 Å². The van der Waals surface area contributed by atoms with Crippen LogP contribution in [0.3, 0.4) is 0 Å². The van der Waals surface area contributed by atoms with Crippen molar-refractivity contribution in [3.05, 3.63) is 27.2 Å². The maximum Gasteiger partial charge on any atom is 0.231 e. The number of anilines is 1. The van der Waals surface area contributed by atoms with Gasteiger partial charge in [-0.2, -0.15) is 0 Å². The smallest absolute Gasteiger partial charge is 0.231 e. The molecule has 1 heterocycles. The van der Waals surface area contributed by atoms with Crippen molar-refractivity contribution in [2.45, 2.75) is 27.2 Å². The van der Waals surface area contributed by atoms with Crippen LogP contribution in [0.25, 0.3) is 0 Å². The Balaban J connectivity index is 2.67. The topological polar surface area (TPSA) is 20.3 Å². The Morgan fingerprint density at radius 2 is 2.07 bits per heavy atom. The Hall–Kier alpha value is -0.830. The van der Waals surface area contributed by atoms with Crippen LogP contribution in [0.1, 0.15) is 23.6 Å². The van der Waals surface area contributed by atoms with Crippen LogP contribution >= 0.6 is 15.9 Å². The van der Waals surface area contributed by atoms with Crippen molar-refractivity contribution < 1.29 is 4.79 Å². The average Bonchev–Trinajstić information content (AvgIpc) is 2.52. The molecule has 0 saturated carbocycles. The van der Waals surface area contributed by atoms with E-state index in [1.807, 2.05) is 11.8 Å². The monoisotopic (exact) mass is 267 g/mol. The summed E-state index contributed by atoms with van der Waals surface area (Å²) in [6, 6.07) is 2.13. The Kier molecular flexibility index (Phi) is 2.59. The molecule has 1 aliphatic rings. The Morgan fingerprint density at radius 3 is 2.67 bits per heavy atom. The number of fused-ring (bicyclic) bond motifs is 1. The third kappa shape index (κ3) is 1.49. The Labute approximate surface area is 98.4 Å². The van der Waals surface area contributed by atoms with Gasteiger partial charge < -0.3 is 4.90 Å². The second-order valence-corrected chi connectivity index (χ2v) is 4.76. The first kappa shape index (κ1) is 10.7. The molecule has 0 aromatic heterocycles. The first-order valence-corrected chi connectivity index (χ1v) is 5.94. The van der Waals surface area contributed by atoms with Gasteiger partial charge in [-0.15, -0.1) is 0 Å². The molecular formula is C12H14BrNO. The summed E-state index contributed by atoms with van der Waals surface area (Å²) >= 11 is 3.57. The Morgan fingerprint density at radius 1 is 1.40 bits per heavy atom. The number of hydrogen-bond acceptors (Lipinski definition) is 1. The van der Waals surface area contributed by atoms with Crippen molar-refractivity contribution in [1.29, 1.82) is 0 Å². The van der Waals surface area contributed by atoms with E-state index in [9.17, 15) is 4.79 Å². The predicted octanol–water partition coefficient (Wildman–Crippen LogP) is 2.97. The van der Waals surface area contributed by atoms with E-state index in [4.69, 9.17) is 0 Å². The normalized spacial score (nSPS) is 14.7. The van der Waals surface area contributed by atoms with Gasteiger partial charge in [0.05, 0.1) is 12.1 Å². The zero-order chi connectivity index (χ0) is 11.2. The number of rotatable bonds is 1. The number of benzene rings is 1. The van der Waals surface area contributed by atoms with E-state index in [1.54, 1.807) is 0 Å². The highest BCUT2D eigenvalue weighted by molar-refractivity contribution is 9.10. The van der Waals surface area contributed by atoms with E-state index in [2.05, 4.69) is 35.8 Å². The van der Waals surface area contributed by atoms with Crippen LogP contribution in [0.4, 0.5) is 5.69 Å². The molecule has 0 radical (unpaired) electrons. The molecule has 0 unspecified atom stereocenters. The molecule has 2 nitrogen and oxygen atoms in total. The lowest BCUT2D eigenvalue weighted by molar-refractivity contribution is -0.117. The zero-order valence-electron chi connectivity index (χ0n) is 9.22. The molecule has 3 heteroatoms. The van der Waals surface area contributed by atoms with Crippen LogP contribution in [-0.2, 0) is 11.2 Å². The Bertz CT molecular complexity index is 440. The number of likely N-dealkylation sites (N-methyl/N-ethyl adjacent to an activating group) is 1. The summed E-state index contributed by atoms with van der Waals surface area (Å²) in [7, 11) is 0. The predicted molar refractivity (Wildman–Crippen MR) is 65.3 cm³/mol. The summed E-state index contributed by atoms with van der Waals surface area (Å²) < 4.78 is 1.09. The summed E-state index contributed by atoms with van der Waals surface area (Å²) in [5.74, 6) is 0.210. The molecule has 1 aromatic carbocycles. The maximum absolute atomic E-state index is 11.8. The fourth-order valence-electron chi connectivity index (χ4n) is 2.28. The lowest BCUT2D eigenvalue weighted by Gasteiger charge is -2.18. The van der Waals surface area contributed by atoms with Crippen LogP contribution < -0.4 is 4.90 Å². The molecule has 1 aliphatic heterocycles. The van der Waals surface area contributed by atoms with Gasteiger partial charge in [0, 0.05) is 11.0 Å². The van der Waals surface area contributed by atoms with Gasteiger partial charge >= 0.3 is 0 Å². The molecule has 15 heavy (non-hydrogen) atoms. The molecule has 0 spiro atoms. The van der Waals surface area contributed by atoms with Crippen LogP contribution in [0.15, 0.2) is 10.5 Å². The minimum Gasteiger partial charge on any atom is -0.312 e. The highest BCUT2D eigenvalue weighted by atomic mass is 79.9. The van der Waals surface area contributed by atoms with Gasteiger partial charge in [-0.25, -0.2) is 0 Å². The fraction of sp³-hybridized carbons (Fsp3) is 0.417. The molecule has 0 bridgehead atoms. The highest BCUT2D eigenvalue weighted by Crippen LogP contribution is 2.38. The number of aryl methyl sites for hydroxylation is 2. The van der Waals surface area contributed by atoms with Crippen molar-refractivity contribution >= 4 is 27.5 Å². The van der Waals surface area contributed by atoms with Gasteiger partial charge in [-0.3, -0.25) is 4.79 Å². The molecule has 2 rings (SSSR count). The van der Waals surface area contributed by atoms with E-state index in [0.29, 0.717) is 6.42 Å². The lowest BCUT2D eigenvalue weighted by Crippen LogP contribution is -2.26. The van der Waals surface area contributed by atoms with Crippen LogP contribution in [0.5, 0.6) is 0 Å². The van der Waals surface area contributed by atoms with Gasteiger partial charge in [-0.05, 0) is 37.5 Å². The lowest BCUT2D eigenvalue weighted by atomic mass is 10.0. The third-order valence-corrected chi connectivity index (χ3v) is 4.02. The molecular weight excluding hydrogens is 254 g/mol. The second kappa shape index (κ2) is 3.63. The molecule has 1 aromatic rings. The van der Waals surface area contributed by atoms with Crippen molar-refractivity contribution in [2.24, 2.45) is 0 Å². The summed E-state index contributed by atoms with van der Waals surface area (Å²) in [6.07, 6.45) is 0.534. The molecule has 0 N–H and O–H groups in total. The summed E-state index contributed by atoms with van der Waals surface area (Å²) in [4.78, 5) is 13.7. The number of carbonyl (C=O) groups is 1. The van der Waals surface area contributed by atoms with Gasteiger partial charge in [-0.1, -0.05) is 22.0 Å². The van der Waals surface area contributed by atoms with Crippen molar-refractivity contribution in [3.63, 3.8) is 0 Å². The SMILES string of the molecule is CCN1C(=O)Cc2c(Br)c(C)cc(C)c21. The second-order valence-electron chi connectivity index (χ2n) is 3.97. The highest BCUT2D eigenvalue weighted by Gasteiger charge is 2.29. The standard InChI is InChI=1S/C12H14BrNO/c1-4-14-10(15)6-9-11(13)7(2)5-8(3)12(9)14/h5H,4,6H2,1-3H3. The van der Waals surface area contributed by atoms with Gasteiger partial charge in [0.25, 0.3) is 0 Å². The summed E-state index contributed by atoms with van der Waals surface area (Å²) in [5, 5.41) is 0. The summed E-state index contributed by atoms with van der Waals surface area (Å²) in [5.41, 5.74) is 4.66. The minimum absolute atomic E-state index is 0.210. The fourth-order valence-corrected chi connectivity index (χ4v) is 2.72. The third-order valence-electron chi connectivity index (χ3n) is 2.92. The van der Waals surface area contributed by atoms with Gasteiger partial charge in [0.1, 0.15) is 0 Å². The number of halogens is 1. The first-order valence-electron chi connectivity index (χ1n) is 5.15. The van der Waals surface area contributed by atoms with Gasteiger partial charge in [0.2, 0.25) is 5.91 Å². The zero-order valence-corrected chi connectivity index (χ0v) is 10.8. The molecule has 80 valence electrons. The molecule has 0 fully saturated rings. The molecule has 0 aliphatic carbocycles. The van der Waals surface area contributed by atoms with Crippen molar-refractivity contribution in [3.8, 4) is 0 Å². The first-order chi connectivity index (χ1) is 7.06. The molecule has 1 amide bonds. The minimum atomic E-state index is 0.210. The van der Waals surface area contributed by atoms with Crippen LogP contribution in [0.2, 0.25) is 0 Å². The van der Waals surface area contributed by atoms with E-state index in [-0.39, 0.29) is 5.91 Å². The number of nitrogens with zero attached hydrogens (tertiary/aromatic N) is 1. The van der Waals surface area contributed by atoms with Crippen molar-refractivity contribution in [1.82, 2.24) is 0 Å². The molecule has 0 saturated heterocycles. The van der Waals surface area contributed by atoms with Crippen LogP contribution in [0, 0.1) is 13.8 Å². The van der Waals surface area contributed by atoms with E-state index < -0.39 is 0 Å². The number of carbonyl (C=O) groups excluding carboxylic acids is 1. The number of hydrogen-bond donors (Lipinski definition) is 0. The molecule has 0 atom stereocenters. The number of amides is 1. The largest absolute Gasteiger partial charge is 0.312 e. The van der Waals surface area contributed by atoms with Crippen LogP contribution in [-0.4, -0.2) is 12.5 Å². The summed E-state index contributed by atoms with van der Waals surface area (Å²) in [6.45, 7) is 6.90. The van der Waals surface area contributed by atoms with E-state index in [1.165, 1.54) is 11.1 Å². The van der Waals surface area contributed by atoms with E-state index in [0.717, 1.165) is 22.3 Å². The average molecular weight is 268 g/mol. The maximum atomic E-state index is 11.8. The van der Waals surface area contributed by atoms with E-state index >= 15 is 0 Å². The van der Waals surface area contributed by atoms with Crippen molar-refractivity contribution in [2.75, 3.05) is 11.4 Å². The quantitative estimate of drug-likeness (QED) is 0.766.